The van der Waals surface area contributed by atoms with E-state index in [2.05, 4.69) is 121 Å². The van der Waals surface area contributed by atoms with Gasteiger partial charge in [0.15, 0.2) is 5.82 Å². The molecular formula is C59H66N12O5. The Bertz CT molecular complexity index is 3250. The van der Waals surface area contributed by atoms with Crippen molar-refractivity contribution in [3.05, 3.63) is 155 Å². The van der Waals surface area contributed by atoms with Gasteiger partial charge in [0.05, 0.1) is 17.8 Å². The van der Waals surface area contributed by atoms with Crippen molar-refractivity contribution in [1.29, 1.82) is 0 Å². The van der Waals surface area contributed by atoms with Crippen molar-refractivity contribution in [2.75, 3.05) is 67.5 Å². The number of anilines is 3. The van der Waals surface area contributed by atoms with Crippen LogP contribution in [0.4, 0.5) is 17.5 Å². The second-order valence-electron chi connectivity index (χ2n) is 20.5. The fraction of sp³-hybridized carbons (Fsp3) is 0.339. The summed E-state index contributed by atoms with van der Waals surface area (Å²) in [5.41, 5.74) is 14.1. The highest BCUT2D eigenvalue weighted by Gasteiger charge is 2.30. The minimum absolute atomic E-state index is 0.0188. The van der Waals surface area contributed by atoms with Gasteiger partial charge in [0.25, 0.3) is 5.91 Å². The Labute approximate surface area is 443 Å². The Morgan fingerprint density at radius 2 is 1.53 bits per heavy atom. The van der Waals surface area contributed by atoms with Crippen LogP contribution in [0.15, 0.2) is 116 Å². The number of hydrogen-bond acceptors (Lipinski definition) is 13. The summed E-state index contributed by atoms with van der Waals surface area (Å²) >= 11 is 0. The van der Waals surface area contributed by atoms with Crippen LogP contribution in [-0.4, -0.2) is 115 Å². The van der Waals surface area contributed by atoms with E-state index < -0.39 is 5.91 Å². The second kappa shape index (κ2) is 22.7. The quantitative estimate of drug-likeness (QED) is 0.0561. The van der Waals surface area contributed by atoms with Crippen LogP contribution in [0.2, 0.25) is 0 Å². The number of fused-ring (bicyclic) bond motifs is 2. The highest BCUT2D eigenvalue weighted by Crippen LogP contribution is 2.39. The predicted molar refractivity (Wildman–Crippen MR) is 296 cm³/mol. The number of hydrogen-bond donors (Lipinski definition) is 5. The van der Waals surface area contributed by atoms with E-state index in [4.69, 9.17) is 15.7 Å². The van der Waals surface area contributed by atoms with Crippen LogP contribution in [0, 0.1) is 5.92 Å². The second-order valence-corrected chi connectivity index (χ2v) is 20.5. The Morgan fingerprint density at radius 3 is 2.26 bits per heavy atom. The van der Waals surface area contributed by atoms with E-state index >= 15 is 0 Å². The molecule has 5 aromatic carbocycles. The van der Waals surface area contributed by atoms with Crippen LogP contribution < -0.4 is 26.2 Å². The largest absolute Gasteiger partial charge is 0.508 e. The number of nitrogens with one attached hydrogen (secondary N) is 2. The molecule has 17 nitrogen and oxygen atoms in total. The number of phenols is 2. The molecule has 0 unspecified atom stereocenters. The van der Waals surface area contributed by atoms with Crippen molar-refractivity contribution in [2.45, 2.75) is 71.5 Å². The van der Waals surface area contributed by atoms with Crippen molar-refractivity contribution >= 4 is 45.9 Å². The molecule has 10 rings (SSSR count). The number of phenolic OH excluding ortho intramolecular Hbond substituents is 2. The zero-order valence-electron chi connectivity index (χ0n) is 43.3. The third-order valence-electron chi connectivity index (χ3n) is 15.1. The van der Waals surface area contributed by atoms with Crippen LogP contribution in [0.25, 0.3) is 27.8 Å². The van der Waals surface area contributed by atoms with E-state index in [0.717, 1.165) is 74.5 Å². The Kier molecular flexibility index (Phi) is 15.3. The topological polar surface area (TPSA) is 211 Å². The molecule has 6 N–H and O–H groups in total. The average Bonchev–Trinajstić information content (AvgIpc) is 3.91. The molecule has 0 saturated carbocycles. The lowest BCUT2D eigenvalue weighted by molar-refractivity contribution is -0.126. The van der Waals surface area contributed by atoms with Gasteiger partial charge in [0.1, 0.15) is 17.3 Å². The third-order valence-corrected chi connectivity index (χ3v) is 15.1. The number of nitrogens with zero attached hydrogens (tertiary/aromatic N) is 9. The molecule has 0 radical (unpaired) electrons. The van der Waals surface area contributed by atoms with Gasteiger partial charge in [-0.2, -0.15) is 4.98 Å². The van der Waals surface area contributed by atoms with Crippen molar-refractivity contribution in [1.82, 2.24) is 39.8 Å². The summed E-state index contributed by atoms with van der Waals surface area (Å²) in [6.07, 6.45) is 5.49. The molecule has 3 amide bonds. The first-order valence-electron chi connectivity index (χ1n) is 26.4. The number of nitrogens with two attached hydrogens (primary N) is 1. The molecule has 76 heavy (non-hydrogen) atoms. The molecule has 5 heterocycles. The summed E-state index contributed by atoms with van der Waals surface area (Å²) in [4.78, 5) is 57.1. The fourth-order valence-electron chi connectivity index (χ4n) is 10.9. The van der Waals surface area contributed by atoms with Crippen molar-refractivity contribution in [2.24, 2.45) is 11.7 Å². The lowest BCUT2D eigenvalue weighted by Crippen LogP contribution is -2.49. The number of primary amides is 1. The molecular weight excluding hydrogens is 957 g/mol. The summed E-state index contributed by atoms with van der Waals surface area (Å²) < 4.78 is 1.55. The average molecular weight is 1020 g/mol. The lowest BCUT2D eigenvalue weighted by atomic mass is 9.90. The van der Waals surface area contributed by atoms with Crippen LogP contribution in [0.1, 0.15) is 83.2 Å². The molecule has 0 atom stereocenters. The molecule has 2 aromatic heterocycles. The zero-order valence-corrected chi connectivity index (χ0v) is 43.3. The molecule has 2 saturated heterocycles. The standard InChI is InChI=1S/C59H66N12O5/c1-4-54(75)68-28-30-69(31-29-68)56-46-23-27-70(50-11-7-9-43-8-5-6-10-45(43)50)37-49(46)63-59(64-56)61-24-20-53(74)62-35-41-12-14-42(15-13-41)36-67-25-21-40(22-26-67)32-39-16-18-44(19-17-39)71-57(65-66-58(71)55(60)76)48-33-47(38(2)3)51(72)34-52(48)73/h4-19,33-34,38,40,72-73H,1,20-32,35-37H2,2-3H3,(H2,60,76)(H,62,74)(H,61,63,64). The fourth-order valence-corrected chi connectivity index (χ4v) is 10.9. The molecule has 3 aliphatic rings. The van der Waals surface area contributed by atoms with Gasteiger partial charge in [-0.25, -0.2) is 4.98 Å². The lowest BCUT2D eigenvalue weighted by Gasteiger charge is -2.38. The zero-order chi connectivity index (χ0) is 52.9. The summed E-state index contributed by atoms with van der Waals surface area (Å²) in [6, 6.07) is 34.3. The number of amides is 3. The summed E-state index contributed by atoms with van der Waals surface area (Å²) in [5, 5.41) is 38.4. The van der Waals surface area contributed by atoms with E-state index in [1.807, 2.05) is 30.9 Å². The van der Waals surface area contributed by atoms with Crippen molar-refractivity contribution in [3.63, 3.8) is 0 Å². The third kappa shape index (κ3) is 11.3. The number of piperazine rings is 1. The number of rotatable bonds is 17. The smallest absolute Gasteiger partial charge is 0.287 e. The maximum atomic E-state index is 13.2. The van der Waals surface area contributed by atoms with Crippen LogP contribution in [-0.2, 0) is 42.1 Å². The molecule has 0 spiro atoms. The molecule has 2 fully saturated rings. The van der Waals surface area contributed by atoms with Gasteiger partial charge in [0.2, 0.25) is 23.6 Å². The van der Waals surface area contributed by atoms with E-state index in [1.54, 1.807) is 10.6 Å². The SMILES string of the molecule is C=CC(=O)N1CCN(c2nc(NCCC(=O)NCc3ccc(CN4CCC(Cc5ccc(-n6c(C(N)=O)nnc6-c6cc(C(C)C)c(O)cc6O)cc5)CC4)cc3)nc3c2CCN(c2cccc4ccccc24)C3)CC1. The van der Waals surface area contributed by atoms with Gasteiger partial charge in [-0.3, -0.25) is 23.9 Å². The van der Waals surface area contributed by atoms with Gasteiger partial charge in [-0.1, -0.05) is 93.2 Å². The van der Waals surface area contributed by atoms with E-state index in [1.165, 1.54) is 39.7 Å². The summed E-state index contributed by atoms with van der Waals surface area (Å²) in [5.74, 6) is 1.03. The van der Waals surface area contributed by atoms with Crippen LogP contribution >= 0.6 is 0 Å². The number of aromatic hydroxyl groups is 2. The molecule has 392 valence electrons. The van der Waals surface area contributed by atoms with Crippen molar-refractivity contribution in [3.8, 4) is 28.6 Å². The van der Waals surface area contributed by atoms with Gasteiger partial charge in [-0.15, -0.1) is 10.2 Å². The van der Waals surface area contributed by atoms with Gasteiger partial charge < -0.3 is 41.3 Å². The number of aromatic nitrogens is 5. The van der Waals surface area contributed by atoms with E-state index in [0.29, 0.717) is 74.5 Å². The first kappa shape index (κ1) is 51.2. The molecule has 7 aromatic rings. The summed E-state index contributed by atoms with van der Waals surface area (Å²) in [6.45, 7) is 15.2. The molecule has 0 bridgehead atoms. The Hall–Kier alpha value is -8.31. The van der Waals surface area contributed by atoms with Crippen LogP contribution in [0.3, 0.4) is 0 Å². The first-order valence-corrected chi connectivity index (χ1v) is 26.4. The van der Waals surface area contributed by atoms with E-state index in [-0.39, 0.29) is 47.3 Å². The normalized spacial score (nSPS) is 15.2. The number of carbonyl (C=O) groups excluding carboxylic acids is 3. The van der Waals surface area contributed by atoms with Crippen LogP contribution in [0.5, 0.6) is 11.5 Å². The number of piperidine rings is 1. The van der Waals surface area contributed by atoms with Gasteiger partial charge in [-0.05, 0) is 109 Å². The van der Waals surface area contributed by atoms with Crippen molar-refractivity contribution < 1.29 is 24.6 Å². The molecule has 0 aliphatic carbocycles. The predicted octanol–water partition coefficient (Wildman–Crippen LogP) is 7.48. The molecule has 17 heteroatoms. The van der Waals surface area contributed by atoms with Gasteiger partial charge in [0, 0.05) is 87.2 Å². The maximum Gasteiger partial charge on any atom is 0.287 e. The Balaban J connectivity index is 0.697. The highest BCUT2D eigenvalue weighted by atomic mass is 16.3. The molecule has 3 aliphatic heterocycles. The Morgan fingerprint density at radius 1 is 0.803 bits per heavy atom. The number of benzene rings is 5. The van der Waals surface area contributed by atoms with Gasteiger partial charge >= 0.3 is 0 Å². The first-order chi connectivity index (χ1) is 36.9. The summed E-state index contributed by atoms with van der Waals surface area (Å²) in [7, 11) is 0. The van der Waals surface area contributed by atoms with E-state index in [9.17, 15) is 24.6 Å². The monoisotopic (exact) mass is 1020 g/mol. The minimum atomic E-state index is -0.747. The number of likely N-dealkylation sites (tertiary alicyclic amines) is 1. The minimum Gasteiger partial charge on any atom is -0.508 e. The highest BCUT2D eigenvalue weighted by molar-refractivity contribution is 5.94. The maximum absolute atomic E-state index is 13.2. The number of carbonyl (C=O) groups is 3.